The Morgan fingerprint density at radius 3 is 2.63 bits per heavy atom. The van der Waals surface area contributed by atoms with Crippen LogP contribution >= 0.6 is 22.6 Å². The molecule has 0 radical (unpaired) electrons. The number of amides is 1. The smallest absolute Gasteiger partial charge is 0.238 e. The van der Waals surface area contributed by atoms with Gasteiger partial charge in [0.05, 0.1) is 12.2 Å². The van der Waals surface area contributed by atoms with Crippen LogP contribution in [0.4, 0.5) is 5.69 Å². The van der Waals surface area contributed by atoms with E-state index in [4.69, 9.17) is 0 Å². The van der Waals surface area contributed by atoms with E-state index in [0.29, 0.717) is 6.54 Å². The standard InChI is InChI=1S/C20H22IN5O/c1-14-10-17(21)6-9-19(14)24-20(27)11-25(3)15(2)16-4-7-18(8-5-16)26-13-22-12-23-26/h4-10,12-13,15H,11H2,1-3H3,(H,24,27)/t15-/m1/s1. The van der Waals surface area contributed by atoms with E-state index in [1.807, 2.05) is 43.1 Å². The van der Waals surface area contributed by atoms with E-state index in [-0.39, 0.29) is 11.9 Å². The Bertz CT molecular complexity index is 909. The van der Waals surface area contributed by atoms with Crippen LogP contribution in [0.3, 0.4) is 0 Å². The van der Waals surface area contributed by atoms with Crippen LogP contribution in [0, 0.1) is 10.5 Å². The Kier molecular flexibility index (Phi) is 6.22. The number of nitrogens with zero attached hydrogens (tertiary/aromatic N) is 4. The first kappa shape index (κ1) is 19.5. The van der Waals surface area contributed by atoms with Gasteiger partial charge >= 0.3 is 0 Å². The molecule has 2 aromatic carbocycles. The molecule has 140 valence electrons. The number of benzene rings is 2. The average Bonchev–Trinajstić information content (AvgIpc) is 3.18. The van der Waals surface area contributed by atoms with E-state index >= 15 is 0 Å². The molecule has 3 aromatic rings. The van der Waals surface area contributed by atoms with Gasteiger partial charge < -0.3 is 5.32 Å². The van der Waals surface area contributed by atoms with Gasteiger partial charge in [-0.05, 0) is 84.9 Å². The third-order valence-electron chi connectivity index (χ3n) is 4.58. The summed E-state index contributed by atoms with van der Waals surface area (Å²) >= 11 is 2.27. The lowest BCUT2D eigenvalue weighted by Gasteiger charge is -2.25. The SMILES string of the molecule is Cc1cc(I)ccc1NC(=O)CN(C)[C@H](C)c1ccc(-n2cncn2)cc1. The van der Waals surface area contributed by atoms with Crippen LogP contribution in [0.25, 0.3) is 5.69 Å². The first-order valence-electron chi connectivity index (χ1n) is 8.65. The predicted octanol–water partition coefficient (Wildman–Crippen LogP) is 3.81. The summed E-state index contributed by atoms with van der Waals surface area (Å²) in [5.74, 6) is -0.0205. The van der Waals surface area contributed by atoms with Gasteiger partial charge in [-0.3, -0.25) is 9.69 Å². The molecule has 1 aromatic heterocycles. The zero-order chi connectivity index (χ0) is 19.4. The second-order valence-electron chi connectivity index (χ2n) is 6.53. The lowest BCUT2D eigenvalue weighted by Crippen LogP contribution is -2.32. The minimum atomic E-state index is -0.0205. The highest BCUT2D eigenvalue weighted by molar-refractivity contribution is 14.1. The van der Waals surface area contributed by atoms with Crippen LogP contribution in [0.5, 0.6) is 0 Å². The Morgan fingerprint density at radius 2 is 2.00 bits per heavy atom. The molecule has 0 aliphatic rings. The van der Waals surface area contributed by atoms with Crippen molar-refractivity contribution in [2.45, 2.75) is 19.9 Å². The van der Waals surface area contributed by atoms with Crippen molar-refractivity contribution in [2.75, 3.05) is 18.9 Å². The Balaban J connectivity index is 1.61. The molecular weight excluding hydrogens is 453 g/mol. The van der Waals surface area contributed by atoms with Crippen LogP contribution in [0.2, 0.25) is 0 Å². The molecule has 1 atom stereocenters. The number of likely N-dealkylation sites (N-methyl/N-ethyl adjacent to an activating group) is 1. The summed E-state index contributed by atoms with van der Waals surface area (Å²) in [6.07, 6.45) is 3.18. The molecule has 27 heavy (non-hydrogen) atoms. The first-order valence-corrected chi connectivity index (χ1v) is 9.73. The molecule has 0 fully saturated rings. The van der Waals surface area contributed by atoms with Crippen LogP contribution in [-0.2, 0) is 4.79 Å². The van der Waals surface area contributed by atoms with Gasteiger partial charge in [0.15, 0.2) is 0 Å². The molecule has 0 aliphatic carbocycles. The first-order chi connectivity index (χ1) is 12.9. The third-order valence-corrected chi connectivity index (χ3v) is 5.25. The molecule has 0 saturated heterocycles. The number of carbonyl (C=O) groups is 1. The van der Waals surface area contributed by atoms with Gasteiger partial charge in [-0.25, -0.2) is 9.67 Å². The maximum Gasteiger partial charge on any atom is 0.238 e. The molecule has 0 bridgehead atoms. The molecule has 0 unspecified atom stereocenters. The second kappa shape index (κ2) is 8.62. The number of hydrogen-bond acceptors (Lipinski definition) is 4. The normalized spacial score (nSPS) is 12.2. The number of nitrogens with one attached hydrogen (secondary N) is 1. The number of anilines is 1. The average molecular weight is 475 g/mol. The monoisotopic (exact) mass is 475 g/mol. The van der Waals surface area contributed by atoms with Gasteiger partial charge in [-0.2, -0.15) is 5.10 Å². The fourth-order valence-corrected chi connectivity index (χ4v) is 3.47. The maximum absolute atomic E-state index is 12.4. The number of aromatic nitrogens is 3. The molecule has 0 saturated carbocycles. The van der Waals surface area contributed by atoms with E-state index in [0.717, 1.165) is 26.1 Å². The maximum atomic E-state index is 12.4. The van der Waals surface area contributed by atoms with E-state index in [2.05, 4.69) is 63.1 Å². The topological polar surface area (TPSA) is 63.1 Å². The number of aryl methyl sites for hydroxylation is 1. The molecule has 1 heterocycles. The van der Waals surface area contributed by atoms with Crippen molar-refractivity contribution in [3.05, 3.63) is 69.8 Å². The van der Waals surface area contributed by atoms with Gasteiger partial charge in [0.1, 0.15) is 12.7 Å². The lowest BCUT2D eigenvalue weighted by molar-refractivity contribution is -0.117. The van der Waals surface area contributed by atoms with Crippen molar-refractivity contribution in [3.63, 3.8) is 0 Å². The number of rotatable bonds is 6. The van der Waals surface area contributed by atoms with Crippen molar-refractivity contribution in [1.82, 2.24) is 19.7 Å². The fourth-order valence-electron chi connectivity index (χ4n) is 2.82. The summed E-state index contributed by atoms with van der Waals surface area (Å²) < 4.78 is 2.87. The largest absolute Gasteiger partial charge is 0.325 e. The summed E-state index contributed by atoms with van der Waals surface area (Å²) in [6.45, 7) is 4.41. The summed E-state index contributed by atoms with van der Waals surface area (Å²) in [5, 5.41) is 7.13. The van der Waals surface area contributed by atoms with Crippen LogP contribution in [0.1, 0.15) is 24.1 Å². The van der Waals surface area contributed by atoms with Crippen LogP contribution in [0.15, 0.2) is 55.1 Å². The van der Waals surface area contributed by atoms with Gasteiger partial charge in [0, 0.05) is 15.3 Å². The third kappa shape index (κ3) is 4.92. The highest BCUT2D eigenvalue weighted by Gasteiger charge is 2.15. The minimum Gasteiger partial charge on any atom is -0.325 e. The number of hydrogen-bond donors (Lipinski definition) is 1. The second-order valence-corrected chi connectivity index (χ2v) is 7.78. The van der Waals surface area contributed by atoms with Gasteiger partial charge in [-0.1, -0.05) is 12.1 Å². The summed E-state index contributed by atoms with van der Waals surface area (Å²) in [7, 11) is 1.95. The Morgan fingerprint density at radius 1 is 1.26 bits per heavy atom. The van der Waals surface area contributed by atoms with E-state index in [1.54, 1.807) is 11.0 Å². The fraction of sp³-hybridized carbons (Fsp3) is 0.250. The molecule has 1 N–H and O–H groups in total. The van der Waals surface area contributed by atoms with Crippen molar-refractivity contribution >= 4 is 34.2 Å². The Labute approximate surface area is 172 Å². The highest BCUT2D eigenvalue weighted by atomic mass is 127. The summed E-state index contributed by atoms with van der Waals surface area (Å²) in [4.78, 5) is 18.4. The van der Waals surface area contributed by atoms with Crippen LogP contribution in [-0.4, -0.2) is 39.2 Å². The van der Waals surface area contributed by atoms with Gasteiger partial charge in [0.2, 0.25) is 5.91 Å². The molecule has 1 amide bonds. The van der Waals surface area contributed by atoms with Crippen molar-refractivity contribution < 1.29 is 4.79 Å². The molecule has 3 rings (SSSR count). The molecular formula is C20H22IN5O. The predicted molar refractivity (Wildman–Crippen MR) is 115 cm³/mol. The van der Waals surface area contributed by atoms with E-state index in [1.165, 1.54) is 6.33 Å². The van der Waals surface area contributed by atoms with Crippen molar-refractivity contribution in [1.29, 1.82) is 0 Å². The summed E-state index contributed by atoms with van der Waals surface area (Å²) in [5.41, 5.74) is 4.02. The molecule has 7 heteroatoms. The number of halogens is 1. The number of carbonyl (C=O) groups excluding carboxylic acids is 1. The lowest BCUT2D eigenvalue weighted by atomic mass is 10.1. The van der Waals surface area contributed by atoms with E-state index in [9.17, 15) is 4.79 Å². The zero-order valence-electron chi connectivity index (χ0n) is 15.6. The quantitative estimate of drug-likeness (QED) is 0.551. The minimum absolute atomic E-state index is 0.0205. The van der Waals surface area contributed by atoms with Crippen molar-refractivity contribution in [3.8, 4) is 5.69 Å². The molecule has 0 aliphatic heterocycles. The Hall–Kier alpha value is -2.26. The van der Waals surface area contributed by atoms with Gasteiger partial charge in [-0.15, -0.1) is 0 Å². The summed E-state index contributed by atoms with van der Waals surface area (Å²) in [6, 6.07) is 14.2. The highest BCUT2D eigenvalue weighted by Crippen LogP contribution is 2.21. The molecule has 6 nitrogen and oxygen atoms in total. The van der Waals surface area contributed by atoms with Crippen LogP contribution < -0.4 is 5.32 Å². The van der Waals surface area contributed by atoms with Crippen molar-refractivity contribution in [2.24, 2.45) is 0 Å². The molecule has 0 spiro atoms. The van der Waals surface area contributed by atoms with Gasteiger partial charge in [0.25, 0.3) is 0 Å². The zero-order valence-corrected chi connectivity index (χ0v) is 17.7. The van der Waals surface area contributed by atoms with E-state index < -0.39 is 0 Å².